The number of carbonyl (C=O) groups excluding carboxylic acids is 1. The molecule has 110 valence electrons. The molecule has 0 bridgehead atoms. The van der Waals surface area contributed by atoms with E-state index in [1.165, 1.54) is 12.1 Å². The minimum absolute atomic E-state index is 0.0191. The highest BCUT2D eigenvalue weighted by molar-refractivity contribution is 6.30. The van der Waals surface area contributed by atoms with Gasteiger partial charge >= 0.3 is 5.97 Å². The Bertz CT molecular complexity index is 495. The largest absolute Gasteiger partial charge is 0.484 e. The predicted molar refractivity (Wildman–Crippen MR) is 71.3 cm³/mol. The summed E-state index contributed by atoms with van der Waals surface area (Å²) in [4.78, 5) is 21.9. The van der Waals surface area contributed by atoms with E-state index in [1.807, 2.05) is 0 Å². The maximum Gasteiger partial charge on any atom is 0.303 e. The second-order valence-electron chi connectivity index (χ2n) is 4.37. The molecule has 2 N–H and O–H groups in total. The van der Waals surface area contributed by atoms with Gasteiger partial charge in [-0.1, -0.05) is 18.5 Å². The van der Waals surface area contributed by atoms with Crippen LogP contribution in [-0.2, 0) is 9.59 Å². The molecular weight excluding hydrogens is 289 g/mol. The van der Waals surface area contributed by atoms with Crippen molar-refractivity contribution in [1.82, 2.24) is 5.32 Å². The molecule has 1 amide bonds. The Morgan fingerprint density at radius 1 is 1.50 bits per heavy atom. The standard InChI is InChI=1S/C13H15ClFNO4/c1-8(4-13(18)19)6-16-12(17)7-20-9-2-3-11(15)10(14)5-9/h2-3,5,8H,4,6-7H2,1H3,(H,16,17)(H,18,19). The molecule has 0 saturated heterocycles. The molecule has 1 rings (SSSR count). The van der Waals surface area contributed by atoms with E-state index in [2.05, 4.69) is 5.32 Å². The van der Waals surface area contributed by atoms with Gasteiger partial charge in [0, 0.05) is 19.0 Å². The summed E-state index contributed by atoms with van der Waals surface area (Å²) in [5.74, 6) is -1.75. The van der Waals surface area contributed by atoms with E-state index >= 15 is 0 Å². The fraction of sp³-hybridized carbons (Fsp3) is 0.385. The minimum atomic E-state index is -0.913. The Kier molecular flexibility index (Phi) is 6.24. The van der Waals surface area contributed by atoms with Crippen molar-refractivity contribution in [2.24, 2.45) is 5.92 Å². The van der Waals surface area contributed by atoms with Gasteiger partial charge in [0.05, 0.1) is 5.02 Å². The van der Waals surface area contributed by atoms with Crippen molar-refractivity contribution in [3.63, 3.8) is 0 Å². The van der Waals surface area contributed by atoms with Crippen LogP contribution in [-0.4, -0.2) is 30.1 Å². The third-order valence-electron chi connectivity index (χ3n) is 2.43. The van der Waals surface area contributed by atoms with E-state index in [4.69, 9.17) is 21.4 Å². The summed E-state index contributed by atoms with van der Waals surface area (Å²) < 4.78 is 18.0. The van der Waals surface area contributed by atoms with E-state index in [0.29, 0.717) is 0 Å². The first-order chi connectivity index (χ1) is 9.38. The molecule has 1 aromatic carbocycles. The molecule has 0 aliphatic heterocycles. The van der Waals surface area contributed by atoms with Gasteiger partial charge in [-0.2, -0.15) is 0 Å². The highest BCUT2D eigenvalue weighted by Crippen LogP contribution is 2.20. The first-order valence-corrected chi connectivity index (χ1v) is 6.32. The van der Waals surface area contributed by atoms with E-state index in [-0.39, 0.29) is 42.2 Å². The number of nitrogens with one attached hydrogen (secondary N) is 1. The lowest BCUT2D eigenvalue weighted by Crippen LogP contribution is -2.33. The van der Waals surface area contributed by atoms with Crippen molar-refractivity contribution in [2.75, 3.05) is 13.2 Å². The summed E-state index contributed by atoms with van der Waals surface area (Å²) >= 11 is 5.57. The van der Waals surface area contributed by atoms with Gasteiger partial charge in [0.25, 0.3) is 5.91 Å². The number of rotatable bonds is 7. The monoisotopic (exact) mass is 303 g/mol. The molecule has 1 unspecified atom stereocenters. The highest BCUT2D eigenvalue weighted by Gasteiger charge is 2.10. The van der Waals surface area contributed by atoms with Crippen LogP contribution < -0.4 is 10.1 Å². The molecule has 0 saturated carbocycles. The fourth-order valence-corrected chi connectivity index (χ4v) is 1.60. The lowest BCUT2D eigenvalue weighted by Gasteiger charge is -2.11. The van der Waals surface area contributed by atoms with Crippen LogP contribution in [0.1, 0.15) is 13.3 Å². The van der Waals surface area contributed by atoms with Gasteiger partial charge in [0.2, 0.25) is 0 Å². The Balaban J connectivity index is 2.32. The molecule has 0 fully saturated rings. The summed E-state index contributed by atoms with van der Waals surface area (Å²) in [6.07, 6.45) is -0.0191. The average Bonchev–Trinajstić information content (AvgIpc) is 2.37. The molecule has 0 spiro atoms. The zero-order chi connectivity index (χ0) is 15.1. The lowest BCUT2D eigenvalue weighted by atomic mass is 10.1. The van der Waals surface area contributed by atoms with Crippen LogP contribution in [0.3, 0.4) is 0 Å². The first kappa shape index (κ1) is 16.2. The normalized spacial score (nSPS) is 11.8. The maximum absolute atomic E-state index is 12.9. The molecule has 0 aliphatic rings. The summed E-state index contributed by atoms with van der Waals surface area (Å²) in [5.41, 5.74) is 0. The number of carbonyl (C=O) groups is 2. The predicted octanol–water partition coefficient (Wildman–Crippen LogP) is 2.08. The number of aliphatic carboxylic acids is 1. The van der Waals surface area contributed by atoms with Crippen molar-refractivity contribution in [3.05, 3.63) is 29.0 Å². The van der Waals surface area contributed by atoms with E-state index in [9.17, 15) is 14.0 Å². The summed E-state index contributed by atoms with van der Waals surface area (Å²) in [6, 6.07) is 3.78. The first-order valence-electron chi connectivity index (χ1n) is 5.95. The van der Waals surface area contributed by atoms with Crippen molar-refractivity contribution in [3.8, 4) is 5.75 Å². The molecule has 0 heterocycles. The zero-order valence-corrected chi connectivity index (χ0v) is 11.6. The van der Waals surface area contributed by atoms with Crippen molar-refractivity contribution in [1.29, 1.82) is 0 Å². The topological polar surface area (TPSA) is 75.6 Å². The van der Waals surface area contributed by atoms with Crippen LogP contribution in [0.15, 0.2) is 18.2 Å². The summed E-state index contributed by atoms with van der Waals surface area (Å²) in [5, 5.41) is 11.0. The Morgan fingerprint density at radius 2 is 2.20 bits per heavy atom. The molecule has 1 atom stereocenters. The second kappa shape index (κ2) is 7.69. The number of benzene rings is 1. The quantitative estimate of drug-likeness (QED) is 0.808. The molecule has 1 aromatic rings. The van der Waals surface area contributed by atoms with Crippen molar-refractivity contribution in [2.45, 2.75) is 13.3 Å². The van der Waals surface area contributed by atoms with Gasteiger partial charge in [-0.3, -0.25) is 9.59 Å². The van der Waals surface area contributed by atoms with Gasteiger partial charge in [0.15, 0.2) is 6.61 Å². The maximum atomic E-state index is 12.9. The minimum Gasteiger partial charge on any atom is -0.484 e. The number of halogens is 2. The van der Waals surface area contributed by atoms with E-state index in [0.717, 1.165) is 6.07 Å². The number of hydrogen-bond donors (Lipinski definition) is 2. The fourth-order valence-electron chi connectivity index (χ4n) is 1.42. The number of hydrogen-bond acceptors (Lipinski definition) is 3. The SMILES string of the molecule is CC(CNC(=O)COc1ccc(F)c(Cl)c1)CC(=O)O. The number of carboxylic acid groups (broad SMARTS) is 1. The van der Waals surface area contributed by atoms with Crippen LogP contribution in [0.5, 0.6) is 5.75 Å². The Morgan fingerprint density at radius 3 is 2.80 bits per heavy atom. The van der Waals surface area contributed by atoms with E-state index < -0.39 is 11.8 Å². The van der Waals surface area contributed by atoms with Gasteiger partial charge in [-0.05, 0) is 18.1 Å². The summed E-state index contributed by atoms with van der Waals surface area (Å²) in [6.45, 7) is 1.72. The third-order valence-corrected chi connectivity index (χ3v) is 2.72. The van der Waals surface area contributed by atoms with Crippen LogP contribution in [0.4, 0.5) is 4.39 Å². The zero-order valence-electron chi connectivity index (χ0n) is 10.9. The molecule has 0 radical (unpaired) electrons. The van der Waals surface area contributed by atoms with Gasteiger partial charge < -0.3 is 15.2 Å². The highest BCUT2D eigenvalue weighted by atomic mass is 35.5. The third kappa shape index (κ3) is 5.88. The smallest absolute Gasteiger partial charge is 0.303 e. The van der Waals surface area contributed by atoms with Crippen molar-refractivity contribution >= 4 is 23.5 Å². The second-order valence-corrected chi connectivity index (χ2v) is 4.78. The van der Waals surface area contributed by atoms with Crippen LogP contribution >= 0.6 is 11.6 Å². The number of ether oxygens (including phenoxy) is 1. The van der Waals surface area contributed by atoms with Gasteiger partial charge in [-0.25, -0.2) is 4.39 Å². The molecule has 0 aromatic heterocycles. The molecule has 7 heteroatoms. The van der Waals surface area contributed by atoms with E-state index in [1.54, 1.807) is 6.92 Å². The van der Waals surface area contributed by atoms with Crippen LogP contribution in [0.2, 0.25) is 5.02 Å². The Labute approximate surface area is 120 Å². The molecular formula is C13H15ClFNO4. The molecule has 5 nitrogen and oxygen atoms in total. The van der Waals surface area contributed by atoms with Crippen LogP contribution in [0, 0.1) is 11.7 Å². The average molecular weight is 304 g/mol. The van der Waals surface area contributed by atoms with Crippen LogP contribution in [0.25, 0.3) is 0 Å². The number of amides is 1. The summed E-state index contributed by atoms with van der Waals surface area (Å²) in [7, 11) is 0. The molecule has 0 aliphatic carbocycles. The number of carboxylic acids is 1. The lowest BCUT2D eigenvalue weighted by molar-refractivity contribution is -0.138. The molecule has 20 heavy (non-hydrogen) atoms. The Hall–Kier alpha value is -1.82. The van der Waals surface area contributed by atoms with Crippen molar-refractivity contribution < 1.29 is 23.8 Å². The van der Waals surface area contributed by atoms with Gasteiger partial charge in [0.1, 0.15) is 11.6 Å². The van der Waals surface area contributed by atoms with Gasteiger partial charge in [-0.15, -0.1) is 0 Å².